The maximum Gasteiger partial charge on any atom is 0.307 e. The fraction of sp³-hybridized carbons (Fsp3) is 0.455. The number of hydrogen-bond donors (Lipinski definition) is 2. The summed E-state index contributed by atoms with van der Waals surface area (Å²) in [4.78, 5) is 42.1. The number of nitrogens with one attached hydrogen (secondary N) is 1. The molecule has 0 saturated heterocycles. The van der Waals surface area contributed by atoms with E-state index in [-0.39, 0.29) is 29.7 Å². The van der Waals surface area contributed by atoms with Gasteiger partial charge in [-0.3, -0.25) is 19.4 Å². The third kappa shape index (κ3) is 5.28. The predicted octanol–water partition coefficient (Wildman–Crippen LogP) is 2.91. The second kappa shape index (κ2) is 10.00. The number of fused-ring (bicyclic) bond motifs is 1. The number of carbonyl (C=O) groups excluding carboxylic acids is 2. The van der Waals surface area contributed by atoms with Crippen molar-refractivity contribution in [2.24, 2.45) is 10.9 Å². The lowest BCUT2D eigenvalue weighted by Crippen LogP contribution is -2.35. The quantitative estimate of drug-likeness (QED) is 0.634. The van der Waals surface area contributed by atoms with E-state index in [1.54, 1.807) is 31.2 Å². The van der Waals surface area contributed by atoms with E-state index in [9.17, 15) is 19.5 Å². The van der Waals surface area contributed by atoms with Crippen LogP contribution in [0.2, 0.25) is 0 Å². The highest BCUT2D eigenvalue weighted by atomic mass is 32.2. The number of hydrogen-bond acceptors (Lipinski definition) is 7. The van der Waals surface area contributed by atoms with E-state index in [1.807, 2.05) is 0 Å². The number of amides is 1. The van der Waals surface area contributed by atoms with Crippen LogP contribution in [0.3, 0.4) is 0 Å². The second-order valence-corrected chi connectivity index (χ2v) is 8.75. The summed E-state index contributed by atoms with van der Waals surface area (Å²) in [5, 5.41) is 14.1. The number of aryl methyl sites for hydroxylation is 1. The minimum absolute atomic E-state index is 0.128. The van der Waals surface area contributed by atoms with Crippen molar-refractivity contribution in [3.05, 3.63) is 40.2 Å². The lowest BCUT2D eigenvalue weighted by atomic mass is 10.1. The van der Waals surface area contributed by atoms with Crippen LogP contribution in [0.25, 0.3) is 10.9 Å². The Kier molecular flexibility index (Phi) is 7.37. The van der Waals surface area contributed by atoms with Crippen LogP contribution in [0.4, 0.5) is 0 Å². The highest BCUT2D eigenvalue weighted by Crippen LogP contribution is 2.27. The Hall–Kier alpha value is -2.81. The fourth-order valence-electron chi connectivity index (χ4n) is 3.36. The lowest BCUT2D eigenvalue weighted by molar-refractivity contribution is -0.143. The van der Waals surface area contributed by atoms with Crippen LogP contribution >= 0.6 is 11.8 Å². The Morgan fingerprint density at radius 3 is 2.81 bits per heavy atom. The van der Waals surface area contributed by atoms with E-state index >= 15 is 0 Å². The molecule has 1 aromatic carbocycles. The molecule has 1 aliphatic heterocycles. The van der Waals surface area contributed by atoms with Gasteiger partial charge in [0, 0.05) is 17.7 Å². The number of ether oxygens (including phenoxy) is 1. The van der Waals surface area contributed by atoms with Crippen LogP contribution in [0, 0.1) is 5.92 Å². The molecule has 0 radical (unpaired) electrons. The molecule has 3 rings (SSSR count). The zero-order valence-corrected chi connectivity index (χ0v) is 18.7. The number of nitrogens with zero attached hydrogens (tertiary/aromatic N) is 2. The summed E-state index contributed by atoms with van der Waals surface area (Å²) in [6.07, 6.45) is 0.886. The van der Waals surface area contributed by atoms with Crippen LogP contribution in [0.5, 0.6) is 5.75 Å². The number of pyridine rings is 1. The topological polar surface area (TPSA) is 110 Å². The molecule has 1 unspecified atom stereocenters. The van der Waals surface area contributed by atoms with E-state index in [0.29, 0.717) is 40.9 Å². The Labute approximate surface area is 184 Å². The average molecular weight is 446 g/mol. The standard InChI is InChI=1S/C22H27N3O5S/c1-4-30-17(26)11-14-12-31-22(23-14)24-20(28)18-19(27)15-7-5-6-8-16(15)25(21(18)29)10-9-13(2)3/h5-8,13-14,27H,4,9-12H2,1-3H3,(H,23,24,28). The first-order valence-corrected chi connectivity index (χ1v) is 11.3. The number of aliphatic imine (C=N–C) groups is 1. The zero-order chi connectivity index (χ0) is 22.5. The molecule has 9 heteroatoms. The molecule has 2 aromatic rings. The van der Waals surface area contributed by atoms with Gasteiger partial charge in [0.1, 0.15) is 11.3 Å². The molecule has 31 heavy (non-hydrogen) atoms. The van der Waals surface area contributed by atoms with Crippen molar-refractivity contribution >= 4 is 39.7 Å². The van der Waals surface area contributed by atoms with Gasteiger partial charge >= 0.3 is 5.97 Å². The number of amidine groups is 1. The van der Waals surface area contributed by atoms with E-state index in [2.05, 4.69) is 24.2 Å². The molecule has 1 atom stereocenters. The Morgan fingerprint density at radius 2 is 2.10 bits per heavy atom. The minimum atomic E-state index is -0.713. The third-order valence-electron chi connectivity index (χ3n) is 4.94. The van der Waals surface area contributed by atoms with Crippen molar-refractivity contribution < 1.29 is 19.4 Å². The van der Waals surface area contributed by atoms with Crippen molar-refractivity contribution in [3.8, 4) is 5.75 Å². The number of benzene rings is 1. The summed E-state index contributed by atoms with van der Waals surface area (Å²) in [5.41, 5.74) is -0.259. The molecular formula is C22H27N3O5S. The largest absolute Gasteiger partial charge is 0.506 e. The monoisotopic (exact) mass is 445 g/mol. The molecule has 2 heterocycles. The number of carbonyl (C=O) groups is 2. The van der Waals surface area contributed by atoms with Gasteiger partial charge in [0.2, 0.25) is 0 Å². The van der Waals surface area contributed by atoms with Gasteiger partial charge in [0.25, 0.3) is 11.5 Å². The number of aromatic hydroxyl groups is 1. The number of rotatable bonds is 7. The lowest BCUT2D eigenvalue weighted by Gasteiger charge is -2.15. The Balaban J connectivity index is 1.89. The van der Waals surface area contributed by atoms with Gasteiger partial charge in [-0.15, -0.1) is 0 Å². The number of aromatic nitrogens is 1. The Bertz CT molecular complexity index is 1080. The van der Waals surface area contributed by atoms with Crippen molar-refractivity contribution in [1.82, 2.24) is 9.88 Å². The SMILES string of the molecule is CCOC(=O)CC1CSC(NC(=O)c2c(O)c3ccccc3n(CCC(C)C)c2=O)=N1. The molecule has 0 bridgehead atoms. The van der Waals surface area contributed by atoms with Crippen LogP contribution < -0.4 is 10.9 Å². The molecule has 2 N–H and O–H groups in total. The first-order chi connectivity index (χ1) is 14.8. The van der Waals surface area contributed by atoms with Gasteiger partial charge in [-0.25, -0.2) is 0 Å². The average Bonchev–Trinajstić information content (AvgIpc) is 3.14. The van der Waals surface area contributed by atoms with E-state index in [4.69, 9.17) is 4.74 Å². The van der Waals surface area contributed by atoms with Crippen molar-refractivity contribution in [3.63, 3.8) is 0 Å². The number of para-hydroxylation sites is 1. The molecule has 0 fully saturated rings. The zero-order valence-electron chi connectivity index (χ0n) is 17.9. The maximum absolute atomic E-state index is 13.1. The van der Waals surface area contributed by atoms with Gasteiger partial charge < -0.3 is 19.7 Å². The van der Waals surface area contributed by atoms with Gasteiger partial charge in [-0.1, -0.05) is 37.7 Å². The molecular weight excluding hydrogens is 418 g/mol. The molecule has 0 saturated carbocycles. The fourth-order valence-corrected chi connectivity index (χ4v) is 4.29. The minimum Gasteiger partial charge on any atom is -0.506 e. The van der Waals surface area contributed by atoms with Gasteiger partial charge in [0.15, 0.2) is 5.17 Å². The van der Waals surface area contributed by atoms with Crippen molar-refractivity contribution in [1.29, 1.82) is 0 Å². The predicted molar refractivity (Wildman–Crippen MR) is 122 cm³/mol. The van der Waals surface area contributed by atoms with Crippen molar-refractivity contribution in [2.75, 3.05) is 12.4 Å². The molecule has 8 nitrogen and oxygen atoms in total. The smallest absolute Gasteiger partial charge is 0.307 e. The Morgan fingerprint density at radius 1 is 1.35 bits per heavy atom. The van der Waals surface area contributed by atoms with E-state index < -0.39 is 11.5 Å². The summed E-state index contributed by atoms with van der Waals surface area (Å²) < 4.78 is 6.47. The van der Waals surface area contributed by atoms with Crippen LogP contribution in [0.1, 0.15) is 44.0 Å². The summed E-state index contributed by atoms with van der Waals surface area (Å²) in [7, 11) is 0. The van der Waals surface area contributed by atoms with E-state index in [0.717, 1.165) is 6.42 Å². The summed E-state index contributed by atoms with van der Waals surface area (Å²) in [5.74, 6) is -0.501. The normalized spacial score (nSPS) is 15.9. The third-order valence-corrected chi connectivity index (χ3v) is 5.98. The molecule has 0 spiro atoms. The van der Waals surface area contributed by atoms with Crippen LogP contribution in [-0.4, -0.2) is 45.1 Å². The highest BCUT2D eigenvalue weighted by molar-refractivity contribution is 8.14. The first-order valence-electron chi connectivity index (χ1n) is 10.3. The number of thioether (sulfide) groups is 1. The maximum atomic E-state index is 13.1. The summed E-state index contributed by atoms with van der Waals surface area (Å²) in [6, 6.07) is 6.68. The van der Waals surface area contributed by atoms with Crippen molar-refractivity contribution in [2.45, 2.75) is 46.2 Å². The van der Waals surface area contributed by atoms with Crippen LogP contribution in [-0.2, 0) is 16.1 Å². The summed E-state index contributed by atoms with van der Waals surface area (Å²) >= 11 is 1.29. The number of esters is 1. The molecule has 1 aromatic heterocycles. The highest BCUT2D eigenvalue weighted by Gasteiger charge is 2.27. The molecule has 1 amide bonds. The molecule has 1 aliphatic rings. The van der Waals surface area contributed by atoms with Gasteiger partial charge in [0.05, 0.1) is 24.6 Å². The molecule has 0 aliphatic carbocycles. The van der Waals surface area contributed by atoms with E-state index in [1.165, 1.54) is 16.3 Å². The van der Waals surface area contributed by atoms with Gasteiger partial charge in [-0.2, -0.15) is 0 Å². The van der Waals surface area contributed by atoms with Gasteiger partial charge in [-0.05, 0) is 31.4 Å². The molecule has 166 valence electrons. The van der Waals surface area contributed by atoms with Crippen LogP contribution in [0.15, 0.2) is 34.1 Å². The second-order valence-electron chi connectivity index (χ2n) is 7.74. The summed E-state index contributed by atoms with van der Waals surface area (Å²) in [6.45, 7) is 6.60. The first kappa shape index (κ1) is 22.9.